The molecule has 5 heterocycles. The Balaban J connectivity index is 0.830. The second-order valence-corrected chi connectivity index (χ2v) is 27.5. The number of nitrogens with zero attached hydrogens (tertiary/aromatic N) is 6. The van der Waals surface area contributed by atoms with Crippen LogP contribution in [0.15, 0.2) is 88.8 Å². The standard InChI is InChI=1S/C68H90N14O13S2/c1-9-68(54-32-57-61-52(38-81(57)63(87)53(54)41-93-64(68)88)50(51-19-15-16-20-55(51)79-61)27-30-82(44(4)5)97(8)11-3)95-67(90)94-40-46-23-25-49(26-24-46)77-62(86)56(21-17-28-73-65(70)89)78-60(85)43-92-42-59(84)72-29-31-91-39-45(6)36-80(71)37-48(69)35-74-58(83)22-14-12-13-18-47-33-75-66(76-34-47)96(7)10-2/h10-11,15-16,19-20,23-26,32-34,37,44-45,56H,9,12,14,17,21-22,27-31,35-36,38-43,69,71H2,1-8H3,(H,72,84)(H,74,83)(H,77,86)(H,78,85)(H3,70,73,89)/b48-37-/t45?,56-,68-,96?,97?/m0/s1. The van der Waals surface area contributed by atoms with Crippen molar-refractivity contribution < 1.29 is 57.2 Å². The molecule has 2 aliphatic rings. The van der Waals surface area contributed by atoms with Gasteiger partial charge in [-0.15, -0.1) is 21.2 Å². The minimum atomic E-state index is -2.02. The number of hydrazine groups is 1. The van der Waals surface area contributed by atoms with Gasteiger partial charge in [-0.25, -0.2) is 35.2 Å². The van der Waals surface area contributed by atoms with Crippen molar-refractivity contribution in [3.05, 3.63) is 123 Å². The lowest BCUT2D eigenvalue weighted by Gasteiger charge is -2.35. The number of hydrogen-bond acceptors (Lipinski definition) is 20. The number of benzene rings is 2. The Hall–Kier alpha value is -9.05. The number of para-hydroxylation sites is 1. The van der Waals surface area contributed by atoms with Crippen molar-refractivity contribution in [2.75, 3.05) is 77.0 Å². The summed E-state index contributed by atoms with van der Waals surface area (Å²) in [6.07, 6.45) is 10.4. The van der Waals surface area contributed by atoms with Crippen molar-refractivity contribution in [1.82, 2.24) is 50.1 Å². The number of nitrogens with one attached hydrogen (secondary N) is 5. The largest absolute Gasteiger partial charge is 0.510 e. The van der Waals surface area contributed by atoms with Gasteiger partial charge in [-0.1, -0.05) is 66.8 Å². The summed E-state index contributed by atoms with van der Waals surface area (Å²) >= 11 is 0. The third kappa shape index (κ3) is 21.5. The predicted molar refractivity (Wildman–Crippen MR) is 374 cm³/mol. The minimum Gasteiger partial charge on any atom is -0.457 e. The highest BCUT2D eigenvalue weighted by molar-refractivity contribution is 8.14. The van der Waals surface area contributed by atoms with Gasteiger partial charge >= 0.3 is 18.2 Å². The number of cyclic esters (lactones) is 1. The fourth-order valence-corrected chi connectivity index (χ4v) is 12.9. The maximum Gasteiger partial charge on any atom is 0.510 e. The van der Waals surface area contributed by atoms with Crippen LogP contribution in [0.3, 0.4) is 0 Å². The van der Waals surface area contributed by atoms with Gasteiger partial charge in [0.25, 0.3) is 5.56 Å². The van der Waals surface area contributed by atoms with E-state index < -0.39 is 60.7 Å². The summed E-state index contributed by atoms with van der Waals surface area (Å²) in [5.74, 6) is 9.36. The van der Waals surface area contributed by atoms with Crippen LogP contribution in [0.1, 0.15) is 113 Å². The molecular weight excluding hydrogens is 1280 g/mol. The molecule has 5 atom stereocenters. The number of ether oxygens (including phenoxy) is 5. The molecule has 0 saturated heterocycles. The molecule has 0 saturated carbocycles. The van der Waals surface area contributed by atoms with Crippen LogP contribution in [-0.2, 0) is 79.4 Å². The number of amides is 6. The SMILES string of the molecule is C/C=S(/C)N(CCc1c2c(nc3ccccc13)-c1cc3c(c(=O)n1C2)COC(=O)[C@@]3(CC)OC(=O)OCc1ccc(NC(=O)[C@H](CCCNC(N)=O)NC(=O)COCC(=O)NCCOCC(C)CN(N)/C=C(\N)CNC(=O)CCCC#Cc2cnc(/S(C)=C/C)nc2)cc1)C(C)C. The van der Waals surface area contributed by atoms with Gasteiger partial charge < -0.3 is 71.3 Å². The molecule has 0 radical (unpaired) electrons. The predicted octanol–water partition coefficient (Wildman–Crippen LogP) is 5.17. The summed E-state index contributed by atoms with van der Waals surface area (Å²) in [6.45, 7) is 12.6. The molecule has 522 valence electrons. The normalized spacial score (nSPS) is 15.2. The first-order valence-electron chi connectivity index (χ1n) is 32.1. The van der Waals surface area contributed by atoms with Crippen LogP contribution in [-0.4, -0.2) is 165 Å². The molecule has 6 amide bonds. The third-order valence-electron chi connectivity index (χ3n) is 16.0. The summed E-state index contributed by atoms with van der Waals surface area (Å²) in [5, 5.41) is 20.7. The fourth-order valence-electron chi connectivity index (χ4n) is 10.9. The van der Waals surface area contributed by atoms with E-state index in [1.165, 1.54) is 11.2 Å². The molecule has 2 aliphatic heterocycles. The van der Waals surface area contributed by atoms with Gasteiger partial charge in [-0.05, 0) is 114 Å². The van der Waals surface area contributed by atoms with Gasteiger partial charge in [0.2, 0.25) is 29.2 Å². The number of rotatable bonds is 34. The van der Waals surface area contributed by atoms with E-state index >= 15 is 0 Å². The van der Waals surface area contributed by atoms with E-state index in [1.807, 2.05) is 43.7 Å². The number of primary amides is 1. The van der Waals surface area contributed by atoms with Crippen LogP contribution in [0.4, 0.5) is 15.3 Å². The number of urea groups is 1. The van der Waals surface area contributed by atoms with Gasteiger partial charge in [0.1, 0.15) is 32.5 Å². The quantitative estimate of drug-likeness (QED) is 0.00491. The van der Waals surface area contributed by atoms with Gasteiger partial charge in [0.05, 0.1) is 54.3 Å². The molecule has 7 rings (SSSR count). The van der Waals surface area contributed by atoms with Crippen molar-refractivity contribution in [2.45, 2.75) is 129 Å². The number of unbranched alkanes of at least 4 members (excludes halogenated alkanes) is 1. The third-order valence-corrected chi connectivity index (χ3v) is 19.5. The topological polar surface area (TPSA) is 371 Å². The molecule has 3 aromatic heterocycles. The second kappa shape index (κ2) is 36.9. The van der Waals surface area contributed by atoms with E-state index in [1.54, 1.807) is 54.2 Å². The molecule has 0 fully saturated rings. The molecule has 2 aromatic carbocycles. The van der Waals surface area contributed by atoms with Gasteiger partial charge in [0.15, 0.2) is 5.16 Å². The van der Waals surface area contributed by atoms with Gasteiger partial charge in [-0.3, -0.25) is 28.3 Å². The number of aromatic nitrogens is 4. The summed E-state index contributed by atoms with van der Waals surface area (Å²) < 4.78 is 32.2. The average Bonchev–Trinajstić information content (AvgIpc) is 1.63. The Morgan fingerprint density at radius 1 is 0.897 bits per heavy atom. The van der Waals surface area contributed by atoms with E-state index in [-0.39, 0.29) is 121 Å². The highest BCUT2D eigenvalue weighted by Gasteiger charge is 2.51. The maximum absolute atomic E-state index is 14.5. The zero-order valence-electron chi connectivity index (χ0n) is 56.3. The van der Waals surface area contributed by atoms with Crippen LogP contribution >= 0.6 is 21.2 Å². The van der Waals surface area contributed by atoms with Crippen LogP contribution < -0.4 is 49.5 Å². The Morgan fingerprint density at radius 3 is 2.35 bits per heavy atom. The Bertz CT molecular complexity index is 3870. The fraction of sp³-hybridized carbons (Fsp3) is 0.456. The highest BCUT2D eigenvalue weighted by Crippen LogP contribution is 2.42. The lowest BCUT2D eigenvalue weighted by atomic mass is 9.85. The molecule has 0 aliphatic carbocycles. The first kappa shape index (κ1) is 75.3. The van der Waals surface area contributed by atoms with Gasteiger partial charge in [0, 0.05) is 91.6 Å². The monoisotopic (exact) mass is 1370 g/mol. The summed E-state index contributed by atoms with van der Waals surface area (Å²) in [4.78, 5) is 119. The molecular formula is C68H90N14O13S2. The van der Waals surface area contributed by atoms with Crippen LogP contribution in [0.2, 0.25) is 0 Å². The Kier molecular flexibility index (Phi) is 28.7. The first-order chi connectivity index (χ1) is 46.5. The van der Waals surface area contributed by atoms with Crippen molar-refractivity contribution in [2.24, 2.45) is 23.2 Å². The number of pyridine rings is 2. The maximum atomic E-state index is 14.5. The Morgan fingerprint density at radius 2 is 1.64 bits per heavy atom. The molecule has 3 unspecified atom stereocenters. The van der Waals surface area contributed by atoms with Crippen LogP contribution in [0.25, 0.3) is 22.3 Å². The van der Waals surface area contributed by atoms with E-state index in [0.29, 0.717) is 66.8 Å². The summed E-state index contributed by atoms with van der Waals surface area (Å²) in [7, 11) is -0.172. The molecule has 27 nitrogen and oxygen atoms in total. The average molecular weight is 1380 g/mol. The summed E-state index contributed by atoms with van der Waals surface area (Å²) in [6, 6.07) is 14.3. The van der Waals surface area contributed by atoms with Gasteiger partial charge in [-0.2, -0.15) is 0 Å². The smallest absolute Gasteiger partial charge is 0.457 e. The zero-order valence-corrected chi connectivity index (χ0v) is 57.9. The van der Waals surface area contributed by atoms with Crippen molar-refractivity contribution in [3.63, 3.8) is 0 Å². The Labute approximate surface area is 570 Å². The van der Waals surface area contributed by atoms with E-state index in [9.17, 15) is 38.4 Å². The van der Waals surface area contributed by atoms with Crippen molar-refractivity contribution in [3.8, 4) is 23.2 Å². The van der Waals surface area contributed by atoms with Crippen LogP contribution in [0.5, 0.6) is 0 Å². The molecule has 97 heavy (non-hydrogen) atoms. The molecule has 0 spiro atoms. The zero-order chi connectivity index (χ0) is 70.2. The molecule has 0 bridgehead atoms. The van der Waals surface area contributed by atoms with E-state index in [2.05, 4.69) is 91.2 Å². The minimum absolute atomic E-state index is 0.0328. The van der Waals surface area contributed by atoms with Crippen molar-refractivity contribution in [1.29, 1.82) is 0 Å². The number of anilines is 1. The number of fused-ring (bicyclic) bond motifs is 5. The molecule has 29 heteroatoms. The lowest BCUT2D eigenvalue weighted by molar-refractivity contribution is -0.175. The highest BCUT2D eigenvalue weighted by atomic mass is 32.2. The van der Waals surface area contributed by atoms with Crippen LogP contribution in [0, 0.1) is 17.8 Å². The number of hydrogen-bond donors (Lipinski definition) is 8. The number of nitrogens with two attached hydrogens (primary N) is 3. The lowest BCUT2D eigenvalue weighted by Crippen LogP contribution is -2.47. The number of carbonyl (C=O) groups excluding carboxylic acids is 7. The number of esters is 1. The first-order valence-corrected chi connectivity index (χ1v) is 35.4. The second-order valence-electron chi connectivity index (χ2n) is 23.5. The van der Waals surface area contributed by atoms with E-state index in [0.717, 1.165) is 39.3 Å². The van der Waals surface area contributed by atoms with Crippen molar-refractivity contribution >= 4 is 90.3 Å². The summed E-state index contributed by atoms with van der Waals surface area (Å²) in [5.41, 5.74) is 15.1. The number of carbonyl (C=O) groups is 7. The molecule has 11 N–H and O–H groups in total. The molecule has 5 aromatic rings. The van der Waals surface area contributed by atoms with E-state index in [4.69, 9.17) is 46.0 Å².